The number of imidazole rings is 1. The number of aliphatic hydroxyl groups is 1. The number of nitrogens with zero attached hydrogens (tertiary/aromatic N) is 3. The molecule has 0 spiro atoms. The molecule has 0 fully saturated rings. The summed E-state index contributed by atoms with van der Waals surface area (Å²) in [4.78, 5) is 8.98. The molecule has 1 N–H and O–H groups in total. The second-order valence-corrected chi connectivity index (χ2v) is 5.57. The van der Waals surface area contributed by atoms with Gasteiger partial charge in [0.15, 0.2) is 5.65 Å². The van der Waals surface area contributed by atoms with E-state index in [0.29, 0.717) is 11.3 Å². The first-order valence-corrected chi connectivity index (χ1v) is 6.71. The quantitative estimate of drug-likeness (QED) is 0.787. The highest BCUT2D eigenvalue weighted by atomic mass is 19.1. The van der Waals surface area contributed by atoms with Crippen LogP contribution in [0.4, 0.5) is 4.39 Å². The van der Waals surface area contributed by atoms with Gasteiger partial charge in [-0.05, 0) is 57.2 Å². The molecule has 2 heterocycles. The molecule has 0 atom stereocenters. The molecule has 1 aromatic carbocycles. The Labute approximate surface area is 121 Å². The summed E-state index contributed by atoms with van der Waals surface area (Å²) in [5.41, 5.74) is 1.72. The average molecular weight is 285 g/mol. The van der Waals surface area contributed by atoms with E-state index in [1.54, 1.807) is 32.0 Å². The molecule has 3 aromatic rings. The van der Waals surface area contributed by atoms with E-state index in [0.717, 1.165) is 17.0 Å². The van der Waals surface area contributed by atoms with Crippen LogP contribution in [-0.2, 0) is 5.60 Å². The second kappa shape index (κ2) is 4.63. The molecule has 3 rings (SSSR count). The van der Waals surface area contributed by atoms with Crippen molar-refractivity contribution in [1.29, 1.82) is 0 Å². The lowest BCUT2D eigenvalue weighted by Gasteiger charge is -2.16. The van der Waals surface area contributed by atoms with Crippen LogP contribution >= 0.6 is 0 Å². The number of aryl methyl sites for hydroxylation is 1. The summed E-state index contributed by atoms with van der Waals surface area (Å²) in [6.07, 6.45) is 0. The van der Waals surface area contributed by atoms with Gasteiger partial charge in [0.1, 0.15) is 22.8 Å². The lowest BCUT2D eigenvalue weighted by Crippen LogP contribution is -2.17. The van der Waals surface area contributed by atoms with Gasteiger partial charge in [-0.15, -0.1) is 0 Å². The zero-order valence-corrected chi connectivity index (χ0v) is 12.1. The van der Waals surface area contributed by atoms with Gasteiger partial charge in [0, 0.05) is 5.69 Å². The molecule has 0 radical (unpaired) electrons. The number of hydrogen-bond donors (Lipinski definition) is 1. The summed E-state index contributed by atoms with van der Waals surface area (Å²) in [7, 11) is 0. The largest absolute Gasteiger partial charge is 0.384 e. The average Bonchev–Trinajstić information content (AvgIpc) is 2.74. The number of halogens is 1. The zero-order chi connectivity index (χ0) is 15.2. The Balaban J connectivity index is 2.26. The van der Waals surface area contributed by atoms with Gasteiger partial charge >= 0.3 is 0 Å². The molecule has 108 valence electrons. The summed E-state index contributed by atoms with van der Waals surface area (Å²) in [5.74, 6) is 0.475. The van der Waals surface area contributed by atoms with Crippen molar-refractivity contribution in [2.45, 2.75) is 26.4 Å². The molecular formula is C16H16FN3O. The van der Waals surface area contributed by atoms with Gasteiger partial charge in [0.2, 0.25) is 0 Å². The third-order valence-electron chi connectivity index (χ3n) is 3.38. The Morgan fingerprint density at radius 1 is 1.05 bits per heavy atom. The van der Waals surface area contributed by atoms with Crippen LogP contribution in [-0.4, -0.2) is 19.6 Å². The summed E-state index contributed by atoms with van der Waals surface area (Å²) >= 11 is 0. The molecule has 0 saturated carbocycles. The van der Waals surface area contributed by atoms with Gasteiger partial charge < -0.3 is 5.11 Å². The Kier molecular flexibility index (Phi) is 3.02. The van der Waals surface area contributed by atoms with Crippen LogP contribution < -0.4 is 0 Å². The van der Waals surface area contributed by atoms with Crippen molar-refractivity contribution in [2.24, 2.45) is 0 Å². The van der Waals surface area contributed by atoms with E-state index in [2.05, 4.69) is 9.97 Å². The van der Waals surface area contributed by atoms with Gasteiger partial charge in [-0.2, -0.15) is 0 Å². The smallest absolute Gasteiger partial charge is 0.165 e. The van der Waals surface area contributed by atoms with E-state index in [1.165, 1.54) is 12.1 Å². The van der Waals surface area contributed by atoms with E-state index in [4.69, 9.17) is 0 Å². The number of benzene rings is 1. The van der Waals surface area contributed by atoms with Crippen LogP contribution in [0.15, 0.2) is 36.4 Å². The lowest BCUT2D eigenvalue weighted by atomic mass is 10.1. The molecule has 0 bridgehead atoms. The second-order valence-electron chi connectivity index (χ2n) is 5.57. The minimum Gasteiger partial charge on any atom is -0.384 e. The normalized spacial score (nSPS) is 12.0. The van der Waals surface area contributed by atoms with Crippen molar-refractivity contribution in [3.05, 3.63) is 53.7 Å². The third-order valence-corrected chi connectivity index (χ3v) is 3.38. The Hall–Kier alpha value is -2.27. The molecule has 5 heteroatoms. The maximum atomic E-state index is 13.1. The fourth-order valence-electron chi connectivity index (χ4n) is 2.31. The zero-order valence-electron chi connectivity index (χ0n) is 12.1. The van der Waals surface area contributed by atoms with Crippen LogP contribution in [0.3, 0.4) is 0 Å². The van der Waals surface area contributed by atoms with E-state index in [9.17, 15) is 9.50 Å². The molecule has 0 amide bonds. The molecule has 0 aliphatic heterocycles. The van der Waals surface area contributed by atoms with Crippen molar-refractivity contribution < 1.29 is 9.50 Å². The van der Waals surface area contributed by atoms with E-state index >= 15 is 0 Å². The number of aromatic nitrogens is 3. The highest BCUT2D eigenvalue weighted by Crippen LogP contribution is 2.24. The van der Waals surface area contributed by atoms with Crippen LogP contribution in [0.2, 0.25) is 0 Å². The Morgan fingerprint density at radius 2 is 1.71 bits per heavy atom. The van der Waals surface area contributed by atoms with Crippen LogP contribution in [0, 0.1) is 12.7 Å². The van der Waals surface area contributed by atoms with E-state index in [1.807, 2.05) is 17.6 Å². The lowest BCUT2D eigenvalue weighted by molar-refractivity contribution is 0.0741. The van der Waals surface area contributed by atoms with Gasteiger partial charge in [-0.3, -0.25) is 4.57 Å². The van der Waals surface area contributed by atoms with Crippen LogP contribution in [0.5, 0.6) is 0 Å². The topological polar surface area (TPSA) is 50.9 Å². The fraction of sp³-hybridized carbons (Fsp3) is 0.250. The van der Waals surface area contributed by atoms with Crippen molar-refractivity contribution in [3.8, 4) is 5.69 Å². The number of hydrogen-bond acceptors (Lipinski definition) is 3. The van der Waals surface area contributed by atoms with Crippen molar-refractivity contribution >= 4 is 11.2 Å². The van der Waals surface area contributed by atoms with Gasteiger partial charge in [0.05, 0.1) is 5.69 Å². The summed E-state index contributed by atoms with van der Waals surface area (Å²) in [6, 6.07) is 9.77. The molecule has 0 unspecified atom stereocenters. The predicted molar refractivity (Wildman–Crippen MR) is 78.8 cm³/mol. The van der Waals surface area contributed by atoms with Crippen LogP contribution in [0.25, 0.3) is 16.9 Å². The number of rotatable bonds is 2. The van der Waals surface area contributed by atoms with E-state index in [-0.39, 0.29) is 5.82 Å². The molecular weight excluding hydrogens is 269 g/mol. The van der Waals surface area contributed by atoms with Crippen molar-refractivity contribution in [3.63, 3.8) is 0 Å². The molecule has 0 aliphatic carbocycles. The molecule has 4 nitrogen and oxygen atoms in total. The van der Waals surface area contributed by atoms with Crippen molar-refractivity contribution in [2.75, 3.05) is 0 Å². The molecule has 21 heavy (non-hydrogen) atoms. The predicted octanol–water partition coefficient (Wildman–Crippen LogP) is 3.10. The Bertz CT molecular complexity index is 801. The number of fused-ring (bicyclic) bond motifs is 1. The molecule has 0 aliphatic rings. The third kappa shape index (κ3) is 2.40. The first-order valence-electron chi connectivity index (χ1n) is 6.71. The van der Waals surface area contributed by atoms with Gasteiger partial charge in [-0.1, -0.05) is 0 Å². The summed E-state index contributed by atoms with van der Waals surface area (Å²) in [6.45, 7) is 5.24. The fourth-order valence-corrected chi connectivity index (χ4v) is 2.31. The maximum Gasteiger partial charge on any atom is 0.165 e. The highest BCUT2D eigenvalue weighted by Gasteiger charge is 2.20. The maximum absolute atomic E-state index is 13.1. The SMILES string of the molecule is Cc1nc2ccc(C(C)(C)O)nc2n1-c1ccc(F)cc1. The van der Waals surface area contributed by atoms with Gasteiger partial charge in [-0.25, -0.2) is 14.4 Å². The standard InChI is InChI=1S/C16H16FN3O/c1-10-18-13-8-9-14(16(2,3)21)19-15(13)20(10)12-6-4-11(17)5-7-12/h4-9,21H,1-3H3. The molecule has 2 aromatic heterocycles. The Morgan fingerprint density at radius 3 is 2.33 bits per heavy atom. The monoisotopic (exact) mass is 285 g/mol. The minimum absolute atomic E-state index is 0.286. The first kappa shape index (κ1) is 13.7. The van der Waals surface area contributed by atoms with E-state index < -0.39 is 5.60 Å². The first-order chi connectivity index (χ1) is 9.86. The van der Waals surface area contributed by atoms with Crippen molar-refractivity contribution in [1.82, 2.24) is 14.5 Å². The summed E-state index contributed by atoms with van der Waals surface area (Å²) in [5, 5.41) is 10.1. The minimum atomic E-state index is -1.03. The summed E-state index contributed by atoms with van der Waals surface area (Å²) < 4.78 is 14.9. The van der Waals surface area contributed by atoms with Crippen LogP contribution in [0.1, 0.15) is 25.4 Å². The number of pyridine rings is 1. The molecule has 0 saturated heterocycles. The highest BCUT2D eigenvalue weighted by molar-refractivity contribution is 5.74. The van der Waals surface area contributed by atoms with Gasteiger partial charge in [0.25, 0.3) is 0 Å².